The van der Waals surface area contributed by atoms with Crippen molar-refractivity contribution in [1.29, 1.82) is 0 Å². The predicted octanol–water partition coefficient (Wildman–Crippen LogP) is 2.85. The molecule has 0 saturated heterocycles. The molecule has 0 aliphatic carbocycles. The Bertz CT molecular complexity index is 525. The lowest BCUT2D eigenvalue weighted by Gasteiger charge is -2.09. The zero-order valence-electron chi connectivity index (χ0n) is 10.5. The topological polar surface area (TPSA) is 39.1 Å². The summed E-state index contributed by atoms with van der Waals surface area (Å²) in [5.41, 5.74) is 1.05. The molecule has 0 amide bonds. The number of benzene rings is 1. The van der Waals surface area contributed by atoms with E-state index in [1.54, 1.807) is 7.11 Å². The molecule has 4 nitrogen and oxygen atoms in total. The molecule has 96 valence electrons. The lowest BCUT2D eigenvalue weighted by molar-refractivity contribution is 0.412. The van der Waals surface area contributed by atoms with Crippen LogP contribution in [0.3, 0.4) is 0 Å². The molecule has 1 N–H and O–H groups in total. The minimum atomic E-state index is 0.831. The molecule has 0 radical (unpaired) electrons. The Labute approximate surface area is 115 Å². The van der Waals surface area contributed by atoms with Crippen LogP contribution in [0.2, 0.25) is 0 Å². The van der Waals surface area contributed by atoms with Crippen molar-refractivity contribution in [3.05, 3.63) is 40.9 Å². The van der Waals surface area contributed by atoms with Gasteiger partial charge >= 0.3 is 0 Å². The van der Waals surface area contributed by atoms with Crippen LogP contribution in [0.25, 0.3) is 0 Å². The minimum absolute atomic E-state index is 0.831. The SMILES string of the molecule is COc1cc(NCCc2nccn2C)ccc1Br. The van der Waals surface area contributed by atoms with Crippen molar-refractivity contribution in [3.8, 4) is 5.75 Å². The molecule has 1 aromatic heterocycles. The highest BCUT2D eigenvalue weighted by atomic mass is 79.9. The van der Waals surface area contributed by atoms with Crippen LogP contribution in [0, 0.1) is 0 Å². The second-order valence-electron chi connectivity index (χ2n) is 3.98. The van der Waals surface area contributed by atoms with Crippen molar-refractivity contribution in [2.45, 2.75) is 6.42 Å². The minimum Gasteiger partial charge on any atom is -0.495 e. The standard InChI is InChI=1S/C13H16BrN3O/c1-17-8-7-16-13(17)5-6-15-10-3-4-11(14)12(9-10)18-2/h3-4,7-9,15H,5-6H2,1-2H3. The van der Waals surface area contributed by atoms with Gasteiger partial charge in [-0.1, -0.05) is 0 Å². The normalized spacial score (nSPS) is 10.4. The highest BCUT2D eigenvalue weighted by molar-refractivity contribution is 9.10. The van der Waals surface area contributed by atoms with Gasteiger partial charge in [-0.15, -0.1) is 0 Å². The summed E-state index contributed by atoms with van der Waals surface area (Å²) in [4.78, 5) is 4.29. The van der Waals surface area contributed by atoms with Gasteiger partial charge in [0.05, 0.1) is 11.6 Å². The maximum atomic E-state index is 5.25. The number of rotatable bonds is 5. The zero-order chi connectivity index (χ0) is 13.0. The third-order valence-corrected chi connectivity index (χ3v) is 3.40. The number of halogens is 1. The van der Waals surface area contributed by atoms with Gasteiger partial charge in [-0.3, -0.25) is 0 Å². The Morgan fingerprint density at radius 3 is 2.94 bits per heavy atom. The van der Waals surface area contributed by atoms with E-state index in [1.165, 1.54) is 0 Å². The van der Waals surface area contributed by atoms with Gasteiger partial charge in [0.2, 0.25) is 0 Å². The van der Waals surface area contributed by atoms with E-state index in [4.69, 9.17) is 4.74 Å². The number of hydrogen-bond donors (Lipinski definition) is 1. The number of nitrogens with one attached hydrogen (secondary N) is 1. The van der Waals surface area contributed by atoms with Crippen LogP contribution in [-0.4, -0.2) is 23.2 Å². The summed E-state index contributed by atoms with van der Waals surface area (Å²) in [5.74, 6) is 1.91. The van der Waals surface area contributed by atoms with Crippen LogP contribution < -0.4 is 10.1 Å². The van der Waals surface area contributed by atoms with E-state index in [1.807, 2.05) is 42.2 Å². The molecular weight excluding hydrogens is 294 g/mol. The van der Waals surface area contributed by atoms with Gasteiger partial charge in [-0.25, -0.2) is 4.98 Å². The fourth-order valence-electron chi connectivity index (χ4n) is 1.73. The second kappa shape index (κ2) is 5.91. The average Bonchev–Trinajstić information content (AvgIpc) is 2.77. The Kier molecular flexibility index (Phi) is 4.25. The van der Waals surface area contributed by atoms with Gasteiger partial charge in [0.1, 0.15) is 11.6 Å². The third-order valence-electron chi connectivity index (χ3n) is 2.75. The molecule has 2 aromatic rings. The smallest absolute Gasteiger partial charge is 0.135 e. The van der Waals surface area contributed by atoms with Gasteiger partial charge in [0.15, 0.2) is 0 Å². The van der Waals surface area contributed by atoms with Crippen molar-refractivity contribution in [1.82, 2.24) is 9.55 Å². The van der Waals surface area contributed by atoms with Crippen molar-refractivity contribution >= 4 is 21.6 Å². The van der Waals surface area contributed by atoms with Crippen molar-refractivity contribution in [2.24, 2.45) is 7.05 Å². The van der Waals surface area contributed by atoms with E-state index >= 15 is 0 Å². The Morgan fingerprint density at radius 2 is 2.28 bits per heavy atom. The summed E-state index contributed by atoms with van der Waals surface area (Å²) in [7, 11) is 3.67. The predicted molar refractivity (Wildman–Crippen MR) is 76.1 cm³/mol. The second-order valence-corrected chi connectivity index (χ2v) is 4.83. The van der Waals surface area contributed by atoms with E-state index in [0.717, 1.165) is 34.7 Å². The number of hydrogen-bond acceptors (Lipinski definition) is 3. The summed E-state index contributed by atoms with van der Waals surface area (Å²) >= 11 is 3.43. The molecule has 0 aliphatic heterocycles. The number of aryl methyl sites for hydroxylation is 1. The molecule has 0 unspecified atom stereocenters. The largest absolute Gasteiger partial charge is 0.495 e. The first kappa shape index (κ1) is 13.0. The van der Waals surface area contributed by atoms with Crippen LogP contribution >= 0.6 is 15.9 Å². The first-order valence-corrected chi connectivity index (χ1v) is 6.53. The molecule has 0 atom stereocenters. The van der Waals surface area contributed by atoms with Gasteiger partial charge in [-0.2, -0.15) is 0 Å². The Hall–Kier alpha value is -1.49. The van der Waals surface area contributed by atoms with E-state index in [-0.39, 0.29) is 0 Å². The molecule has 0 fully saturated rings. The number of imidazole rings is 1. The van der Waals surface area contributed by atoms with Crippen LogP contribution in [0.15, 0.2) is 35.1 Å². The van der Waals surface area contributed by atoms with Gasteiger partial charge < -0.3 is 14.6 Å². The molecule has 0 bridgehead atoms. The highest BCUT2D eigenvalue weighted by Gasteiger charge is 2.02. The number of ether oxygens (including phenoxy) is 1. The first-order valence-electron chi connectivity index (χ1n) is 5.74. The molecule has 18 heavy (non-hydrogen) atoms. The Morgan fingerprint density at radius 1 is 1.44 bits per heavy atom. The molecule has 0 saturated carbocycles. The van der Waals surface area contributed by atoms with Gasteiger partial charge in [-0.05, 0) is 28.1 Å². The molecular formula is C13H16BrN3O. The number of aromatic nitrogens is 2. The van der Waals surface area contributed by atoms with Gasteiger partial charge in [0, 0.05) is 44.2 Å². The summed E-state index contributed by atoms with van der Waals surface area (Å²) < 4.78 is 8.24. The van der Waals surface area contributed by atoms with Crippen LogP contribution in [0.4, 0.5) is 5.69 Å². The highest BCUT2D eigenvalue weighted by Crippen LogP contribution is 2.27. The zero-order valence-corrected chi connectivity index (χ0v) is 12.1. The molecule has 1 heterocycles. The summed E-state index contributed by atoms with van der Waals surface area (Å²) in [5, 5.41) is 3.36. The van der Waals surface area contributed by atoms with Gasteiger partial charge in [0.25, 0.3) is 0 Å². The lowest BCUT2D eigenvalue weighted by Crippen LogP contribution is -2.08. The van der Waals surface area contributed by atoms with E-state index in [0.29, 0.717) is 0 Å². The van der Waals surface area contributed by atoms with Crippen molar-refractivity contribution in [3.63, 3.8) is 0 Å². The fraction of sp³-hybridized carbons (Fsp3) is 0.308. The summed E-state index contributed by atoms with van der Waals surface area (Å²) in [6.07, 6.45) is 4.66. The average molecular weight is 310 g/mol. The number of nitrogens with zero attached hydrogens (tertiary/aromatic N) is 2. The van der Waals surface area contributed by atoms with Crippen LogP contribution in [0.5, 0.6) is 5.75 Å². The number of anilines is 1. The monoisotopic (exact) mass is 309 g/mol. The van der Waals surface area contributed by atoms with Crippen LogP contribution in [0.1, 0.15) is 5.82 Å². The maximum Gasteiger partial charge on any atom is 0.135 e. The summed E-state index contributed by atoms with van der Waals surface area (Å²) in [6, 6.07) is 5.97. The van der Waals surface area contributed by atoms with E-state index < -0.39 is 0 Å². The van der Waals surface area contributed by atoms with E-state index in [2.05, 4.69) is 26.2 Å². The molecule has 5 heteroatoms. The first-order chi connectivity index (χ1) is 8.70. The maximum absolute atomic E-state index is 5.25. The van der Waals surface area contributed by atoms with Crippen molar-refractivity contribution < 1.29 is 4.74 Å². The fourth-order valence-corrected chi connectivity index (χ4v) is 2.13. The molecule has 0 spiro atoms. The van der Waals surface area contributed by atoms with E-state index in [9.17, 15) is 0 Å². The molecule has 1 aromatic carbocycles. The Balaban J connectivity index is 1.92. The third kappa shape index (κ3) is 3.04. The van der Waals surface area contributed by atoms with Crippen molar-refractivity contribution in [2.75, 3.05) is 19.0 Å². The summed E-state index contributed by atoms with van der Waals surface area (Å²) in [6.45, 7) is 0.843. The quantitative estimate of drug-likeness (QED) is 0.923. The lowest BCUT2D eigenvalue weighted by atomic mass is 10.3. The number of methoxy groups -OCH3 is 1. The molecule has 2 rings (SSSR count). The van der Waals surface area contributed by atoms with Crippen LogP contribution in [-0.2, 0) is 13.5 Å². The molecule has 0 aliphatic rings.